The van der Waals surface area contributed by atoms with Crippen LogP contribution in [0, 0.1) is 0 Å². The smallest absolute Gasteiger partial charge is 0.220 e. The van der Waals surface area contributed by atoms with Gasteiger partial charge in [0.15, 0.2) is 0 Å². The van der Waals surface area contributed by atoms with Crippen LogP contribution < -0.4 is 42.1 Å². The number of carbonyl (C=O) groups excluding carboxylic acids is 1. The van der Waals surface area contributed by atoms with Gasteiger partial charge >= 0.3 is 0 Å². The topological polar surface area (TPSA) is 110 Å². The van der Waals surface area contributed by atoms with Crippen molar-refractivity contribution in [3.63, 3.8) is 0 Å². The van der Waals surface area contributed by atoms with Crippen molar-refractivity contribution in [1.29, 1.82) is 0 Å². The highest BCUT2D eigenvalue weighted by molar-refractivity contribution is 6.32. The second kappa shape index (κ2) is 21.2. The van der Waals surface area contributed by atoms with Crippen molar-refractivity contribution in [2.24, 2.45) is 5.73 Å². The van der Waals surface area contributed by atoms with Crippen molar-refractivity contribution in [3.8, 4) is 0 Å². The van der Waals surface area contributed by atoms with Gasteiger partial charge in [-0.2, -0.15) is 0 Å². The van der Waals surface area contributed by atoms with Gasteiger partial charge in [-0.05, 0) is 85.4 Å². The maximum absolute atomic E-state index is 13.8. The number of fused-ring (bicyclic) bond motifs is 17. The van der Waals surface area contributed by atoms with Crippen LogP contribution in [-0.4, -0.2) is 89.0 Å². The van der Waals surface area contributed by atoms with E-state index in [1.165, 1.54) is 45.8 Å². The fourth-order valence-corrected chi connectivity index (χ4v) is 11.5. The molecular formula is C53H79ClN8O. The Morgan fingerprint density at radius 2 is 1.41 bits per heavy atom. The predicted octanol–water partition coefficient (Wildman–Crippen LogP) is 8.46. The molecule has 5 heterocycles. The molecule has 2 bridgehead atoms. The molecule has 1 atom stereocenters. The molecule has 3 saturated heterocycles. The van der Waals surface area contributed by atoms with Gasteiger partial charge in [0.25, 0.3) is 0 Å². The first-order chi connectivity index (χ1) is 30.3. The molecule has 0 spiro atoms. The van der Waals surface area contributed by atoms with E-state index in [-0.39, 0.29) is 33.9 Å². The lowest BCUT2D eigenvalue weighted by Crippen LogP contribution is -2.62. The van der Waals surface area contributed by atoms with Crippen molar-refractivity contribution in [3.05, 3.63) is 106 Å². The zero-order chi connectivity index (χ0) is 44.5. The van der Waals surface area contributed by atoms with Crippen LogP contribution in [0.2, 0.25) is 0 Å². The fourth-order valence-electron chi connectivity index (χ4n) is 11.2. The zero-order valence-electron chi connectivity index (χ0n) is 39.3. The van der Waals surface area contributed by atoms with E-state index in [2.05, 4.69) is 144 Å². The number of likely N-dealkylation sites (N-methyl/N-ethyl adjacent to an activating group) is 1. The van der Waals surface area contributed by atoms with Crippen molar-refractivity contribution >= 4 is 28.9 Å². The fraction of sp³-hybridized carbons (Fsp3) is 0.604. The molecule has 1 amide bonds. The van der Waals surface area contributed by atoms with Crippen LogP contribution in [0.1, 0.15) is 122 Å². The molecule has 2 aromatic carbocycles. The molecule has 1 aliphatic carbocycles. The van der Waals surface area contributed by atoms with Gasteiger partial charge in [0, 0.05) is 111 Å². The third kappa shape index (κ3) is 11.3. The lowest BCUT2D eigenvalue weighted by atomic mass is 9.80. The van der Waals surface area contributed by atoms with E-state index in [1.807, 2.05) is 0 Å². The summed E-state index contributed by atoms with van der Waals surface area (Å²) in [7, 11) is 2.21. The van der Waals surface area contributed by atoms with Gasteiger partial charge in [0.05, 0.1) is 11.6 Å². The normalized spacial score (nSPS) is 28.3. The van der Waals surface area contributed by atoms with Crippen molar-refractivity contribution in [2.45, 2.75) is 139 Å². The number of amides is 1. The minimum absolute atomic E-state index is 0.0106. The molecule has 1 unspecified atom stereocenters. The molecule has 2 aromatic rings. The van der Waals surface area contributed by atoms with Gasteiger partial charge in [-0.1, -0.05) is 126 Å². The number of nitrogens with zero attached hydrogens (tertiary/aromatic N) is 2. The Morgan fingerprint density at radius 1 is 0.778 bits per heavy atom. The van der Waals surface area contributed by atoms with E-state index in [0.29, 0.717) is 6.42 Å². The number of anilines is 2. The highest BCUT2D eigenvalue weighted by atomic mass is 35.5. The lowest BCUT2D eigenvalue weighted by molar-refractivity contribution is -0.123. The third-order valence-electron chi connectivity index (χ3n) is 14.9. The van der Waals surface area contributed by atoms with E-state index in [9.17, 15) is 4.79 Å². The van der Waals surface area contributed by atoms with Crippen LogP contribution >= 0.6 is 11.6 Å². The first-order valence-electron chi connectivity index (χ1n) is 24.4. The summed E-state index contributed by atoms with van der Waals surface area (Å²) in [6, 6.07) is 17.9. The van der Waals surface area contributed by atoms with Crippen LogP contribution in [0.4, 0.5) is 11.4 Å². The van der Waals surface area contributed by atoms with Crippen molar-refractivity contribution < 1.29 is 4.79 Å². The van der Waals surface area contributed by atoms with Crippen molar-refractivity contribution in [2.75, 3.05) is 75.8 Å². The average Bonchev–Trinajstić information content (AvgIpc) is 3.60. The molecule has 0 radical (unpaired) electrons. The minimum atomic E-state index is -0.314. The second-order valence-electron chi connectivity index (χ2n) is 20.5. The molecule has 6 aliphatic rings. The third-order valence-corrected chi connectivity index (χ3v) is 15.4. The number of carbonyl (C=O) groups is 1. The summed E-state index contributed by atoms with van der Waals surface area (Å²) < 4.78 is 0. The SMILES string of the molecule is CN1c2ccccc2C(C)(C)C1/C=C/C1=C(Cl)C(=C/C=C2/N(CCCCCC(=O)NC34CCCCCCC(N)(CNCCNC3)CNCCNC4)c3ccccc3C2(C)C)/CCC1. The molecule has 63 heavy (non-hydrogen) atoms. The van der Waals surface area contributed by atoms with E-state index < -0.39 is 0 Å². The molecule has 0 saturated carbocycles. The maximum Gasteiger partial charge on any atom is 0.220 e. The minimum Gasteiger partial charge on any atom is -0.367 e. The molecule has 9 nitrogen and oxygen atoms in total. The van der Waals surface area contributed by atoms with Gasteiger partial charge < -0.3 is 42.1 Å². The lowest BCUT2D eigenvalue weighted by Gasteiger charge is -2.37. The summed E-state index contributed by atoms with van der Waals surface area (Å²) in [5.41, 5.74) is 15.3. The van der Waals surface area contributed by atoms with E-state index in [0.717, 1.165) is 135 Å². The molecule has 5 aliphatic heterocycles. The largest absolute Gasteiger partial charge is 0.367 e. The summed E-state index contributed by atoms with van der Waals surface area (Å²) in [6.07, 6.45) is 22.4. The first-order valence-corrected chi connectivity index (χ1v) is 24.8. The average molecular weight is 880 g/mol. The molecule has 7 N–H and O–H groups in total. The molecule has 10 heteroatoms. The van der Waals surface area contributed by atoms with E-state index >= 15 is 0 Å². The number of rotatable bonds is 10. The predicted molar refractivity (Wildman–Crippen MR) is 266 cm³/mol. The summed E-state index contributed by atoms with van der Waals surface area (Å²) >= 11 is 7.28. The summed E-state index contributed by atoms with van der Waals surface area (Å²) in [5.74, 6) is 0.167. The number of nitrogens with one attached hydrogen (secondary N) is 5. The van der Waals surface area contributed by atoms with Crippen LogP contribution in [0.25, 0.3) is 0 Å². The highest BCUT2D eigenvalue weighted by Crippen LogP contribution is 2.48. The highest BCUT2D eigenvalue weighted by Gasteiger charge is 2.42. The number of benzene rings is 2. The van der Waals surface area contributed by atoms with Gasteiger partial charge in [-0.15, -0.1) is 0 Å². The van der Waals surface area contributed by atoms with Crippen LogP contribution in [0.3, 0.4) is 0 Å². The summed E-state index contributed by atoms with van der Waals surface area (Å²) in [6.45, 7) is 16.9. The maximum atomic E-state index is 13.8. The number of allylic oxidation sites excluding steroid dienone is 7. The second-order valence-corrected chi connectivity index (χ2v) is 20.9. The molecular weight excluding hydrogens is 800 g/mol. The summed E-state index contributed by atoms with van der Waals surface area (Å²) in [5, 5.41) is 19.1. The van der Waals surface area contributed by atoms with E-state index in [4.69, 9.17) is 17.3 Å². The zero-order valence-corrected chi connectivity index (χ0v) is 40.1. The Bertz CT molecular complexity index is 1960. The van der Waals surface area contributed by atoms with E-state index in [1.54, 1.807) is 0 Å². The van der Waals surface area contributed by atoms with Crippen LogP contribution in [0.5, 0.6) is 0 Å². The Morgan fingerprint density at radius 3 is 2.11 bits per heavy atom. The Kier molecular flexibility index (Phi) is 16.0. The number of para-hydroxylation sites is 2. The Labute approximate surface area is 385 Å². The monoisotopic (exact) mass is 879 g/mol. The quantitative estimate of drug-likeness (QED) is 0.132. The molecule has 344 valence electrons. The Balaban J connectivity index is 0.985. The molecule has 3 fully saturated rings. The van der Waals surface area contributed by atoms with Crippen LogP contribution in [0.15, 0.2) is 94.7 Å². The van der Waals surface area contributed by atoms with Gasteiger partial charge in [-0.25, -0.2) is 0 Å². The summed E-state index contributed by atoms with van der Waals surface area (Å²) in [4.78, 5) is 18.7. The number of halogens is 1. The number of hydrogen-bond acceptors (Lipinski definition) is 8. The van der Waals surface area contributed by atoms with Crippen molar-refractivity contribution in [1.82, 2.24) is 26.6 Å². The Hall–Kier alpha value is -3.44. The van der Waals surface area contributed by atoms with Gasteiger partial charge in [0.1, 0.15) is 0 Å². The standard InChI is InChI=1S/C53H79ClN8O/c1-50(2)42-20-10-12-22-44(42)61(5)46(50)27-25-40-18-17-19-41(49(40)54)26-28-47-51(3,4)43-21-11-13-23-45(43)62(47)35-16-8-9-24-48(63)60-53-30-15-7-6-14-29-52(55,36-56-31-33-58-38-53)37-57-32-34-59-39-53/h10-13,20-23,25-28,46,56-59H,6-9,14-19,24,29-39,55H2,1-5H3,(H,60,63)/b27-25+,41-26+,47-28+. The van der Waals surface area contributed by atoms with Gasteiger partial charge in [-0.3, -0.25) is 4.79 Å². The number of hydrogen-bond donors (Lipinski definition) is 6. The van der Waals surface area contributed by atoms with Gasteiger partial charge in [0.2, 0.25) is 5.91 Å². The van der Waals surface area contributed by atoms with Crippen LogP contribution in [-0.2, 0) is 15.6 Å². The number of nitrogens with two attached hydrogens (primary N) is 1. The first kappa shape index (κ1) is 47.5. The molecule has 0 aromatic heterocycles. The number of unbranched alkanes of at least 4 members (excludes halogenated alkanes) is 2. The molecule has 8 rings (SSSR count).